The normalized spacial score (nSPS) is 12.7. The fourth-order valence-corrected chi connectivity index (χ4v) is 1.97. The molecule has 1 heterocycles. The Morgan fingerprint density at radius 2 is 2.06 bits per heavy atom. The van der Waals surface area contributed by atoms with Gasteiger partial charge in [-0.25, -0.2) is 0 Å². The van der Waals surface area contributed by atoms with Crippen LogP contribution < -0.4 is 5.73 Å². The van der Waals surface area contributed by atoms with Crippen LogP contribution in [0.25, 0.3) is 0 Å². The maximum atomic E-state index is 5.81. The lowest BCUT2D eigenvalue weighted by Crippen LogP contribution is -2.20. The number of aryl methyl sites for hydroxylation is 1. The molecule has 0 aliphatic carbocycles. The Bertz CT molecular complexity index is 461. The maximum Gasteiger partial charge on any atom is 0.0891 e. The number of hydrogen-bond donors (Lipinski definition) is 1. The van der Waals surface area contributed by atoms with Crippen LogP contribution in [0.3, 0.4) is 0 Å². The lowest BCUT2D eigenvalue weighted by Gasteiger charge is -2.15. The summed E-state index contributed by atoms with van der Waals surface area (Å²) in [5.41, 5.74) is 8.24. The summed E-state index contributed by atoms with van der Waals surface area (Å²) in [7, 11) is 0. The Morgan fingerprint density at radius 1 is 1.38 bits per heavy atom. The lowest BCUT2D eigenvalue weighted by molar-refractivity contribution is 0.532. The molecule has 0 bridgehead atoms. The second-order valence-electron chi connectivity index (χ2n) is 3.80. The summed E-state index contributed by atoms with van der Waals surface area (Å²) in [6.07, 6.45) is 3.72. The molecule has 2 rings (SSSR count). The average molecular weight is 280 g/mol. The van der Waals surface area contributed by atoms with Gasteiger partial charge in [0, 0.05) is 12.7 Å². The smallest absolute Gasteiger partial charge is 0.0891 e. The minimum atomic E-state index is 0.104. The molecule has 2 N–H and O–H groups in total. The van der Waals surface area contributed by atoms with E-state index in [0.29, 0.717) is 6.54 Å². The van der Waals surface area contributed by atoms with E-state index in [-0.39, 0.29) is 6.04 Å². The quantitative estimate of drug-likeness (QED) is 0.938. The highest BCUT2D eigenvalue weighted by atomic mass is 79.9. The third-order valence-electron chi connectivity index (χ3n) is 2.57. The molecule has 1 aromatic heterocycles. The standard InChI is InChI=1S/C12H14BrN3/c1-9-2-4-10(5-3-9)12(6-14)16-8-11(13)7-15-16/h2-5,7-8,12H,6,14H2,1H3. The van der Waals surface area contributed by atoms with Crippen molar-refractivity contribution in [1.29, 1.82) is 0 Å². The first-order valence-electron chi connectivity index (χ1n) is 5.17. The van der Waals surface area contributed by atoms with Crippen molar-refractivity contribution in [2.45, 2.75) is 13.0 Å². The van der Waals surface area contributed by atoms with Crippen molar-refractivity contribution in [2.75, 3.05) is 6.54 Å². The van der Waals surface area contributed by atoms with E-state index >= 15 is 0 Å². The Morgan fingerprint density at radius 3 is 2.56 bits per heavy atom. The van der Waals surface area contributed by atoms with E-state index in [0.717, 1.165) is 4.47 Å². The lowest BCUT2D eigenvalue weighted by atomic mass is 10.1. The molecule has 1 aromatic carbocycles. The molecule has 0 aliphatic heterocycles. The molecule has 16 heavy (non-hydrogen) atoms. The van der Waals surface area contributed by atoms with E-state index < -0.39 is 0 Å². The molecule has 0 amide bonds. The fraction of sp³-hybridized carbons (Fsp3) is 0.250. The van der Waals surface area contributed by atoms with E-state index in [4.69, 9.17) is 5.73 Å². The summed E-state index contributed by atoms with van der Waals surface area (Å²) in [5.74, 6) is 0. The van der Waals surface area contributed by atoms with Crippen molar-refractivity contribution in [2.24, 2.45) is 5.73 Å². The number of hydrogen-bond acceptors (Lipinski definition) is 2. The molecule has 0 radical (unpaired) electrons. The van der Waals surface area contributed by atoms with Crippen LogP contribution >= 0.6 is 15.9 Å². The summed E-state index contributed by atoms with van der Waals surface area (Å²) < 4.78 is 2.85. The first-order chi connectivity index (χ1) is 7.70. The predicted octanol–water partition coefficient (Wildman–Crippen LogP) is 2.50. The van der Waals surface area contributed by atoms with Crippen LogP contribution in [-0.4, -0.2) is 16.3 Å². The highest BCUT2D eigenvalue weighted by molar-refractivity contribution is 9.10. The van der Waals surface area contributed by atoms with Crippen LogP contribution in [0.1, 0.15) is 17.2 Å². The number of benzene rings is 1. The summed E-state index contributed by atoms with van der Waals surface area (Å²) in [6, 6.07) is 8.49. The Hall–Kier alpha value is -1.13. The van der Waals surface area contributed by atoms with Crippen LogP contribution in [0, 0.1) is 6.92 Å². The topological polar surface area (TPSA) is 43.8 Å². The van der Waals surface area contributed by atoms with Gasteiger partial charge in [0.15, 0.2) is 0 Å². The molecule has 4 heteroatoms. The monoisotopic (exact) mass is 279 g/mol. The number of rotatable bonds is 3. The van der Waals surface area contributed by atoms with Crippen molar-refractivity contribution in [1.82, 2.24) is 9.78 Å². The van der Waals surface area contributed by atoms with Gasteiger partial charge in [-0.2, -0.15) is 5.10 Å². The molecular formula is C12H14BrN3. The van der Waals surface area contributed by atoms with Crippen molar-refractivity contribution in [3.8, 4) is 0 Å². The van der Waals surface area contributed by atoms with Gasteiger partial charge in [0.2, 0.25) is 0 Å². The van der Waals surface area contributed by atoms with Gasteiger partial charge < -0.3 is 5.73 Å². The highest BCUT2D eigenvalue weighted by Crippen LogP contribution is 2.19. The van der Waals surface area contributed by atoms with Gasteiger partial charge in [-0.05, 0) is 28.4 Å². The molecule has 0 spiro atoms. The minimum Gasteiger partial charge on any atom is -0.328 e. The van der Waals surface area contributed by atoms with Gasteiger partial charge >= 0.3 is 0 Å². The number of aromatic nitrogens is 2. The number of nitrogens with zero attached hydrogens (tertiary/aromatic N) is 2. The van der Waals surface area contributed by atoms with Gasteiger partial charge in [0.25, 0.3) is 0 Å². The molecule has 3 nitrogen and oxygen atoms in total. The molecule has 0 saturated heterocycles. The largest absolute Gasteiger partial charge is 0.328 e. The molecule has 84 valence electrons. The summed E-state index contributed by atoms with van der Waals surface area (Å²) in [5, 5.41) is 4.28. The molecule has 2 aromatic rings. The van der Waals surface area contributed by atoms with Gasteiger partial charge in [-0.1, -0.05) is 29.8 Å². The van der Waals surface area contributed by atoms with E-state index in [1.807, 2.05) is 10.9 Å². The number of nitrogens with two attached hydrogens (primary N) is 1. The zero-order valence-electron chi connectivity index (χ0n) is 9.10. The van der Waals surface area contributed by atoms with Gasteiger partial charge in [0.1, 0.15) is 0 Å². The molecule has 1 unspecified atom stereocenters. The van der Waals surface area contributed by atoms with E-state index in [9.17, 15) is 0 Å². The summed E-state index contributed by atoms with van der Waals surface area (Å²) in [6.45, 7) is 2.61. The minimum absolute atomic E-state index is 0.104. The van der Waals surface area contributed by atoms with E-state index in [1.165, 1.54) is 11.1 Å². The zero-order chi connectivity index (χ0) is 11.5. The second kappa shape index (κ2) is 4.80. The Kier molecular flexibility index (Phi) is 3.41. The fourth-order valence-electron chi connectivity index (χ4n) is 1.67. The van der Waals surface area contributed by atoms with E-state index in [1.54, 1.807) is 6.20 Å². The third kappa shape index (κ3) is 2.33. The Labute approximate surface area is 103 Å². The van der Waals surface area contributed by atoms with Crippen molar-refractivity contribution >= 4 is 15.9 Å². The van der Waals surface area contributed by atoms with Crippen LogP contribution in [-0.2, 0) is 0 Å². The van der Waals surface area contributed by atoms with Crippen molar-refractivity contribution < 1.29 is 0 Å². The summed E-state index contributed by atoms with van der Waals surface area (Å²) >= 11 is 3.39. The van der Waals surface area contributed by atoms with Crippen LogP contribution in [0.5, 0.6) is 0 Å². The third-order valence-corrected chi connectivity index (χ3v) is 2.98. The Balaban J connectivity index is 2.32. The number of halogens is 1. The van der Waals surface area contributed by atoms with Gasteiger partial charge in [0.05, 0.1) is 16.7 Å². The predicted molar refractivity (Wildman–Crippen MR) is 68.3 cm³/mol. The van der Waals surface area contributed by atoms with Crippen molar-refractivity contribution in [3.05, 3.63) is 52.3 Å². The van der Waals surface area contributed by atoms with Gasteiger partial charge in [-0.3, -0.25) is 4.68 Å². The SMILES string of the molecule is Cc1ccc(C(CN)n2cc(Br)cn2)cc1. The second-order valence-corrected chi connectivity index (χ2v) is 4.72. The van der Waals surface area contributed by atoms with Gasteiger partial charge in [-0.15, -0.1) is 0 Å². The molecule has 0 aliphatic rings. The molecule has 0 fully saturated rings. The average Bonchev–Trinajstić information content (AvgIpc) is 2.69. The van der Waals surface area contributed by atoms with Crippen LogP contribution in [0.4, 0.5) is 0 Å². The first kappa shape index (κ1) is 11.4. The van der Waals surface area contributed by atoms with Crippen molar-refractivity contribution in [3.63, 3.8) is 0 Å². The molecule has 1 atom stereocenters. The van der Waals surface area contributed by atoms with Crippen LogP contribution in [0.15, 0.2) is 41.1 Å². The molecule has 0 saturated carbocycles. The zero-order valence-corrected chi connectivity index (χ0v) is 10.7. The molecular weight excluding hydrogens is 266 g/mol. The highest BCUT2D eigenvalue weighted by Gasteiger charge is 2.12. The van der Waals surface area contributed by atoms with Crippen LogP contribution in [0.2, 0.25) is 0 Å². The summed E-state index contributed by atoms with van der Waals surface area (Å²) in [4.78, 5) is 0. The van der Waals surface area contributed by atoms with E-state index in [2.05, 4.69) is 52.2 Å². The maximum absolute atomic E-state index is 5.81. The first-order valence-corrected chi connectivity index (χ1v) is 5.96.